The van der Waals surface area contributed by atoms with Gasteiger partial charge < -0.3 is 19.7 Å². The van der Waals surface area contributed by atoms with E-state index in [1.54, 1.807) is 37.4 Å². The van der Waals surface area contributed by atoms with Gasteiger partial charge in [-0.15, -0.1) is 0 Å². The maximum absolute atomic E-state index is 12.8. The topological polar surface area (TPSA) is 67.9 Å². The zero-order chi connectivity index (χ0) is 25.6. The predicted octanol–water partition coefficient (Wildman–Crippen LogP) is 5.64. The number of nitrogens with one attached hydrogen (secondary N) is 1. The molecule has 2 aromatic rings. The van der Waals surface area contributed by atoms with Crippen LogP contribution in [0.5, 0.6) is 11.5 Å². The first kappa shape index (κ1) is 27.2. The number of ether oxygens (including phenoxy) is 2. The molecular weight excluding hydrogens is 487 g/mol. The molecule has 0 saturated carbocycles. The lowest BCUT2D eigenvalue weighted by Gasteiger charge is -2.35. The van der Waals surface area contributed by atoms with Crippen LogP contribution in [0.3, 0.4) is 0 Å². The molecule has 1 aliphatic rings. The molecule has 35 heavy (non-hydrogen) atoms. The largest absolute Gasteiger partial charge is 0.493 e. The summed E-state index contributed by atoms with van der Waals surface area (Å²) in [4.78, 5) is 27.2. The Balaban J connectivity index is 1.52. The fourth-order valence-corrected chi connectivity index (χ4v) is 4.58. The monoisotopic (exact) mass is 520 g/mol. The Labute approximate surface area is 217 Å². The van der Waals surface area contributed by atoms with E-state index in [1.165, 1.54) is 0 Å². The Hall–Kier alpha value is -2.44. The zero-order valence-electron chi connectivity index (χ0n) is 20.8. The van der Waals surface area contributed by atoms with Crippen molar-refractivity contribution in [3.05, 3.63) is 57.6 Å². The number of methoxy groups -OCH3 is 1. The molecule has 190 valence electrons. The maximum Gasteiger partial charge on any atom is 0.251 e. The van der Waals surface area contributed by atoms with E-state index in [1.807, 2.05) is 31.7 Å². The minimum Gasteiger partial charge on any atom is -0.493 e. The normalized spacial score (nSPS) is 14.5. The van der Waals surface area contributed by atoms with Crippen molar-refractivity contribution >= 4 is 35.0 Å². The van der Waals surface area contributed by atoms with Crippen LogP contribution < -0.4 is 14.8 Å². The molecule has 0 aliphatic carbocycles. The molecule has 6 nitrogen and oxygen atoms in total. The number of nitrogens with zero attached hydrogens (tertiary/aromatic N) is 1. The van der Waals surface area contributed by atoms with E-state index < -0.39 is 0 Å². The lowest BCUT2D eigenvalue weighted by Crippen LogP contribution is -2.45. The van der Waals surface area contributed by atoms with Gasteiger partial charge in [-0.2, -0.15) is 0 Å². The molecular formula is C27H34Cl2N2O4. The molecule has 8 heteroatoms. The summed E-state index contributed by atoms with van der Waals surface area (Å²) in [6, 6.07) is 10.5. The maximum atomic E-state index is 12.8. The van der Waals surface area contributed by atoms with Crippen LogP contribution in [0.15, 0.2) is 36.4 Å². The number of benzene rings is 2. The van der Waals surface area contributed by atoms with Gasteiger partial charge >= 0.3 is 0 Å². The molecule has 1 heterocycles. The van der Waals surface area contributed by atoms with Crippen molar-refractivity contribution in [1.82, 2.24) is 10.2 Å². The Bertz CT molecular complexity index is 1040. The number of rotatable bonds is 8. The number of amides is 2. The summed E-state index contributed by atoms with van der Waals surface area (Å²) in [6.45, 7) is 8.25. The van der Waals surface area contributed by atoms with Gasteiger partial charge in [0.15, 0.2) is 11.5 Å². The van der Waals surface area contributed by atoms with Crippen LogP contribution in [-0.4, -0.2) is 50.1 Å². The zero-order valence-corrected chi connectivity index (χ0v) is 22.3. The summed E-state index contributed by atoms with van der Waals surface area (Å²) in [5.41, 5.74) is 1.07. The van der Waals surface area contributed by atoms with E-state index >= 15 is 0 Å². The molecule has 0 atom stereocenters. The first-order valence-corrected chi connectivity index (χ1v) is 12.7. The number of hydrogen-bond donors (Lipinski definition) is 1. The number of halogens is 2. The second-order valence-corrected chi connectivity index (χ2v) is 10.7. The second-order valence-electron chi connectivity index (χ2n) is 9.90. The Morgan fingerprint density at radius 2 is 1.77 bits per heavy atom. The van der Waals surface area contributed by atoms with Crippen molar-refractivity contribution in [2.45, 2.75) is 40.0 Å². The number of carbonyl (C=O) groups excluding carboxylic acids is 2. The third-order valence-electron chi connectivity index (χ3n) is 6.16. The molecule has 0 bridgehead atoms. The first-order valence-electron chi connectivity index (χ1n) is 11.9. The van der Waals surface area contributed by atoms with Crippen molar-refractivity contribution in [1.29, 1.82) is 0 Å². The van der Waals surface area contributed by atoms with Crippen LogP contribution in [0, 0.1) is 11.3 Å². The summed E-state index contributed by atoms with van der Waals surface area (Å²) in [5, 5.41) is 4.21. The summed E-state index contributed by atoms with van der Waals surface area (Å²) in [6.07, 6.45) is 2.35. The molecule has 1 saturated heterocycles. The van der Waals surface area contributed by atoms with E-state index in [-0.39, 0.29) is 17.2 Å². The molecule has 0 spiro atoms. The number of carbonyl (C=O) groups is 2. The van der Waals surface area contributed by atoms with E-state index in [4.69, 9.17) is 32.7 Å². The van der Waals surface area contributed by atoms with Crippen molar-refractivity contribution in [3.8, 4) is 11.5 Å². The number of hydrogen-bond acceptors (Lipinski definition) is 4. The molecule has 1 fully saturated rings. The number of likely N-dealkylation sites (tertiary alicyclic amines) is 1. The number of piperidine rings is 1. The molecule has 2 amide bonds. The van der Waals surface area contributed by atoms with Gasteiger partial charge in [0.1, 0.15) is 0 Å². The third kappa shape index (κ3) is 7.52. The predicted molar refractivity (Wildman–Crippen MR) is 140 cm³/mol. The standard InChI is InChI=1S/C27H34Cl2N2O4/c1-27(2,3)26(33)31-12-9-18(10-13-31)17-30-25(32)20-6-8-23(34-4)24(15-20)35-14-11-19-5-7-21(28)16-22(19)29/h5-8,15-16,18H,9-14,17H2,1-4H3,(H,30,32). The molecule has 3 rings (SSSR count). The molecule has 0 radical (unpaired) electrons. The quantitative estimate of drug-likeness (QED) is 0.489. The van der Waals surface area contributed by atoms with Gasteiger partial charge in [0, 0.05) is 47.1 Å². The van der Waals surface area contributed by atoms with Gasteiger partial charge in [0.05, 0.1) is 13.7 Å². The molecule has 0 aromatic heterocycles. The Morgan fingerprint density at radius 1 is 1.06 bits per heavy atom. The van der Waals surface area contributed by atoms with Crippen LogP contribution in [-0.2, 0) is 11.2 Å². The molecule has 1 N–H and O–H groups in total. The van der Waals surface area contributed by atoms with Crippen molar-refractivity contribution in [2.75, 3.05) is 33.4 Å². The van der Waals surface area contributed by atoms with Crippen molar-refractivity contribution in [3.63, 3.8) is 0 Å². The lowest BCUT2D eigenvalue weighted by molar-refractivity contribution is -0.140. The summed E-state index contributed by atoms with van der Waals surface area (Å²) >= 11 is 12.2. The highest BCUT2D eigenvalue weighted by Crippen LogP contribution is 2.29. The van der Waals surface area contributed by atoms with Crippen molar-refractivity contribution in [2.24, 2.45) is 11.3 Å². The minimum atomic E-state index is -0.365. The average molecular weight is 521 g/mol. The van der Waals surface area contributed by atoms with Crippen LogP contribution >= 0.6 is 23.2 Å². The first-order chi connectivity index (χ1) is 16.6. The molecule has 0 unspecified atom stereocenters. The van der Waals surface area contributed by atoms with Gasteiger partial charge in [-0.1, -0.05) is 50.0 Å². The summed E-state index contributed by atoms with van der Waals surface area (Å²) < 4.78 is 11.3. The van der Waals surface area contributed by atoms with Gasteiger partial charge in [0.2, 0.25) is 5.91 Å². The van der Waals surface area contributed by atoms with Crippen LogP contribution in [0.4, 0.5) is 0 Å². The fraction of sp³-hybridized carbons (Fsp3) is 0.481. The van der Waals surface area contributed by atoms with Crippen molar-refractivity contribution < 1.29 is 19.1 Å². The highest BCUT2D eigenvalue weighted by Gasteiger charge is 2.30. The van der Waals surface area contributed by atoms with Crippen LogP contribution in [0.1, 0.15) is 49.5 Å². The smallest absolute Gasteiger partial charge is 0.251 e. The van der Waals surface area contributed by atoms with Gasteiger partial charge in [-0.25, -0.2) is 0 Å². The molecule has 2 aromatic carbocycles. The third-order valence-corrected chi connectivity index (χ3v) is 6.75. The summed E-state index contributed by atoms with van der Waals surface area (Å²) in [5.74, 6) is 1.43. The van der Waals surface area contributed by atoms with Gasteiger partial charge in [-0.05, 0) is 54.7 Å². The average Bonchev–Trinajstić information content (AvgIpc) is 2.83. The van der Waals surface area contributed by atoms with Gasteiger partial charge in [0.25, 0.3) is 5.91 Å². The second kappa shape index (κ2) is 12.0. The highest BCUT2D eigenvalue weighted by atomic mass is 35.5. The Kier molecular flexibility index (Phi) is 9.31. The lowest BCUT2D eigenvalue weighted by atomic mass is 9.91. The molecule has 1 aliphatic heterocycles. The fourth-order valence-electron chi connectivity index (χ4n) is 4.08. The van der Waals surface area contributed by atoms with Crippen LogP contribution in [0.2, 0.25) is 10.0 Å². The van der Waals surface area contributed by atoms with Crippen LogP contribution in [0.25, 0.3) is 0 Å². The SMILES string of the molecule is COc1ccc(C(=O)NCC2CCN(C(=O)C(C)(C)C)CC2)cc1OCCc1ccc(Cl)cc1Cl. The minimum absolute atomic E-state index is 0.161. The van der Waals surface area contributed by atoms with E-state index in [9.17, 15) is 9.59 Å². The van der Waals surface area contributed by atoms with E-state index in [0.717, 1.165) is 31.5 Å². The Morgan fingerprint density at radius 3 is 2.40 bits per heavy atom. The highest BCUT2D eigenvalue weighted by molar-refractivity contribution is 6.35. The van der Waals surface area contributed by atoms with Gasteiger partial charge in [-0.3, -0.25) is 9.59 Å². The van der Waals surface area contributed by atoms with E-state index in [2.05, 4.69) is 5.32 Å². The summed E-state index contributed by atoms with van der Waals surface area (Å²) in [7, 11) is 1.56. The van der Waals surface area contributed by atoms with E-state index in [0.29, 0.717) is 52.6 Å².